The summed E-state index contributed by atoms with van der Waals surface area (Å²) in [5, 5.41) is 18.0. The lowest BCUT2D eigenvalue weighted by molar-refractivity contribution is -0.131. The van der Waals surface area contributed by atoms with Crippen molar-refractivity contribution in [1.82, 2.24) is 0 Å². The van der Waals surface area contributed by atoms with Crippen molar-refractivity contribution in [2.45, 2.75) is 77.2 Å². The molecule has 0 aromatic rings. The zero-order valence-corrected chi connectivity index (χ0v) is 11.6. The molecule has 0 saturated heterocycles. The van der Waals surface area contributed by atoms with Gasteiger partial charge in [0.15, 0.2) is 0 Å². The molecule has 0 bridgehead atoms. The third kappa shape index (κ3) is 13.2. The molecule has 1 atom stereocenters. The van der Waals surface area contributed by atoms with Gasteiger partial charge in [-0.1, -0.05) is 51.5 Å². The van der Waals surface area contributed by atoms with Crippen LogP contribution in [-0.4, -0.2) is 22.3 Å². The highest BCUT2D eigenvalue weighted by molar-refractivity contribution is 5.79. The summed E-state index contributed by atoms with van der Waals surface area (Å²) >= 11 is 0. The number of carboxylic acids is 1. The second kappa shape index (κ2) is 12.6. The Bertz CT molecular complexity index is 224. The molecule has 106 valence electrons. The molecule has 0 aromatic carbocycles. The summed E-state index contributed by atoms with van der Waals surface area (Å²) in [5.41, 5.74) is 0. The summed E-state index contributed by atoms with van der Waals surface area (Å²) < 4.78 is 0. The summed E-state index contributed by atoms with van der Waals surface area (Å²) in [6.45, 7) is 2.14. The van der Waals surface area contributed by atoms with E-state index in [1.807, 2.05) is 0 Å². The molecule has 0 aromatic heterocycles. The fraction of sp³-hybridized carbons (Fsp3) is 0.800. The molecular weight excluding hydrogens is 228 g/mol. The SMILES string of the molecule is CCCC[C@H](O)CCCCCCC/C=C/C(=O)O. The number of aliphatic hydroxyl groups is 1. The average molecular weight is 256 g/mol. The quantitative estimate of drug-likeness (QED) is 0.411. The first-order chi connectivity index (χ1) is 8.66. The summed E-state index contributed by atoms with van der Waals surface area (Å²) in [7, 11) is 0. The Morgan fingerprint density at radius 2 is 1.67 bits per heavy atom. The smallest absolute Gasteiger partial charge is 0.327 e. The lowest BCUT2D eigenvalue weighted by atomic mass is 10.0. The van der Waals surface area contributed by atoms with Crippen molar-refractivity contribution in [3.05, 3.63) is 12.2 Å². The van der Waals surface area contributed by atoms with Gasteiger partial charge in [-0.2, -0.15) is 0 Å². The van der Waals surface area contributed by atoms with Crippen LogP contribution in [0.1, 0.15) is 71.1 Å². The van der Waals surface area contributed by atoms with Gasteiger partial charge in [0, 0.05) is 6.08 Å². The van der Waals surface area contributed by atoms with Gasteiger partial charge in [-0.25, -0.2) is 4.79 Å². The molecule has 0 amide bonds. The number of unbranched alkanes of at least 4 members (excludes halogenated alkanes) is 6. The van der Waals surface area contributed by atoms with E-state index in [9.17, 15) is 9.90 Å². The van der Waals surface area contributed by atoms with Gasteiger partial charge in [-0.05, 0) is 25.7 Å². The Kier molecular flexibility index (Phi) is 12.0. The Hall–Kier alpha value is -0.830. The number of rotatable bonds is 12. The van der Waals surface area contributed by atoms with Gasteiger partial charge in [0.05, 0.1) is 6.10 Å². The minimum Gasteiger partial charge on any atom is -0.478 e. The maximum absolute atomic E-state index is 10.2. The summed E-state index contributed by atoms with van der Waals surface area (Å²) in [6, 6.07) is 0. The number of hydrogen-bond donors (Lipinski definition) is 2. The molecule has 0 aliphatic heterocycles. The molecular formula is C15H28O3. The van der Waals surface area contributed by atoms with Crippen molar-refractivity contribution in [1.29, 1.82) is 0 Å². The fourth-order valence-corrected chi connectivity index (χ4v) is 1.94. The molecule has 0 saturated carbocycles. The van der Waals surface area contributed by atoms with Crippen LogP contribution >= 0.6 is 0 Å². The van der Waals surface area contributed by atoms with E-state index in [0.717, 1.165) is 51.4 Å². The summed E-state index contributed by atoms with van der Waals surface area (Å²) in [4.78, 5) is 10.2. The van der Waals surface area contributed by atoms with Gasteiger partial charge in [0.1, 0.15) is 0 Å². The van der Waals surface area contributed by atoms with E-state index < -0.39 is 5.97 Å². The Morgan fingerprint density at radius 1 is 1.06 bits per heavy atom. The lowest BCUT2D eigenvalue weighted by Crippen LogP contribution is -2.05. The number of hydrogen-bond acceptors (Lipinski definition) is 2. The average Bonchev–Trinajstić information content (AvgIpc) is 2.34. The normalized spacial score (nSPS) is 13.0. The molecule has 0 aliphatic carbocycles. The highest BCUT2D eigenvalue weighted by Gasteiger charge is 2.02. The van der Waals surface area contributed by atoms with Gasteiger partial charge >= 0.3 is 5.97 Å². The van der Waals surface area contributed by atoms with E-state index in [0.29, 0.717) is 0 Å². The van der Waals surface area contributed by atoms with Crippen LogP contribution in [0.4, 0.5) is 0 Å². The highest BCUT2D eigenvalue weighted by Crippen LogP contribution is 2.12. The maximum atomic E-state index is 10.2. The predicted octanol–water partition coefficient (Wildman–Crippen LogP) is 3.91. The number of carbonyl (C=O) groups is 1. The van der Waals surface area contributed by atoms with Crippen LogP contribution in [0.2, 0.25) is 0 Å². The first kappa shape index (κ1) is 17.2. The number of carboxylic acid groups (broad SMARTS) is 1. The monoisotopic (exact) mass is 256 g/mol. The van der Waals surface area contributed by atoms with Crippen LogP contribution in [-0.2, 0) is 4.79 Å². The van der Waals surface area contributed by atoms with Gasteiger partial charge < -0.3 is 10.2 Å². The summed E-state index contributed by atoms with van der Waals surface area (Å²) in [6.07, 6.45) is 13.5. The molecule has 0 radical (unpaired) electrons. The van der Waals surface area contributed by atoms with Crippen molar-refractivity contribution in [3.8, 4) is 0 Å². The van der Waals surface area contributed by atoms with E-state index in [-0.39, 0.29) is 6.10 Å². The minimum absolute atomic E-state index is 0.108. The van der Waals surface area contributed by atoms with E-state index in [2.05, 4.69) is 6.92 Å². The topological polar surface area (TPSA) is 57.5 Å². The highest BCUT2D eigenvalue weighted by atomic mass is 16.4. The van der Waals surface area contributed by atoms with Gasteiger partial charge in [0.2, 0.25) is 0 Å². The molecule has 0 unspecified atom stereocenters. The minimum atomic E-state index is -0.865. The van der Waals surface area contributed by atoms with Crippen molar-refractivity contribution in [2.24, 2.45) is 0 Å². The Labute approximate surface area is 111 Å². The predicted molar refractivity (Wildman–Crippen MR) is 74.6 cm³/mol. The third-order valence-corrected chi connectivity index (χ3v) is 3.06. The van der Waals surface area contributed by atoms with Crippen molar-refractivity contribution < 1.29 is 15.0 Å². The first-order valence-electron chi connectivity index (χ1n) is 7.24. The van der Waals surface area contributed by atoms with Crippen LogP contribution < -0.4 is 0 Å². The molecule has 0 rings (SSSR count). The van der Waals surface area contributed by atoms with E-state index in [1.165, 1.54) is 18.9 Å². The largest absolute Gasteiger partial charge is 0.478 e. The van der Waals surface area contributed by atoms with Crippen molar-refractivity contribution >= 4 is 5.97 Å². The molecule has 0 aliphatic rings. The Balaban J connectivity index is 3.18. The molecule has 3 heteroatoms. The molecule has 0 spiro atoms. The zero-order valence-electron chi connectivity index (χ0n) is 11.6. The second-order valence-corrected chi connectivity index (χ2v) is 4.88. The lowest BCUT2D eigenvalue weighted by Gasteiger charge is -2.09. The third-order valence-electron chi connectivity index (χ3n) is 3.06. The summed E-state index contributed by atoms with van der Waals surface area (Å²) in [5.74, 6) is -0.865. The first-order valence-corrected chi connectivity index (χ1v) is 7.24. The van der Waals surface area contributed by atoms with Gasteiger partial charge in [-0.3, -0.25) is 0 Å². The van der Waals surface area contributed by atoms with Crippen molar-refractivity contribution in [3.63, 3.8) is 0 Å². The maximum Gasteiger partial charge on any atom is 0.327 e. The molecule has 2 N–H and O–H groups in total. The van der Waals surface area contributed by atoms with Crippen LogP contribution in [0.25, 0.3) is 0 Å². The van der Waals surface area contributed by atoms with Crippen LogP contribution in [0, 0.1) is 0 Å². The molecule has 18 heavy (non-hydrogen) atoms. The number of aliphatic hydroxyl groups excluding tert-OH is 1. The Morgan fingerprint density at radius 3 is 2.33 bits per heavy atom. The van der Waals surface area contributed by atoms with Crippen LogP contribution in [0.15, 0.2) is 12.2 Å². The van der Waals surface area contributed by atoms with E-state index in [1.54, 1.807) is 6.08 Å². The van der Waals surface area contributed by atoms with Gasteiger partial charge in [-0.15, -0.1) is 0 Å². The van der Waals surface area contributed by atoms with Gasteiger partial charge in [0.25, 0.3) is 0 Å². The van der Waals surface area contributed by atoms with E-state index in [4.69, 9.17) is 5.11 Å². The molecule has 0 heterocycles. The van der Waals surface area contributed by atoms with E-state index >= 15 is 0 Å². The van der Waals surface area contributed by atoms with Crippen molar-refractivity contribution in [2.75, 3.05) is 0 Å². The molecule has 3 nitrogen and oxygen atoms in total. The number of allylic oxidation sites excluding steroid dienone is 1. The standard InChI is InChI=1S/C15H28O3/c1-2-3-11-14(16)12-9-7-5-4-6-8-10-13-15(17)18/h10,13-14,16H,2-9,11-12H2,1H3,(H,17,18)/b13-10+/t14-/m0/s1. The second-order valence-electron chi connectivity index (χ2n) is 4.88. The van der Waals surface area contributed by atoms with Crippen LogP contribution in [0.5, 0.6) is 0 Å². The zero-order chi connectivity index (χ0) is 13.6. The fourth-order valence-electron chi connectivity index (χ4n) is 1.94. The molecule has 0 fully saturated rings. The van der Waals surface area contributed by atoms with Crippen LogP contribution in [0.3, 0.4) is 0 Å². The number of aliphatic carboxylic acids is 1.